The Labute approximate surface area is 120 Å². The molecule has 2 N–H and O–H groups in total. The SMILES string of the molecule is Cc1ncccc1C(=O)Nc1cc(Cl)cc(C(=O)O)c1. The number of carbonyl (C=O) groups is 2. The van der Waals surface area contributed by atoms with Crippen molar-refractivity contribution in [2.24, 2.45) is 0 Å². The molecule has 0 aliphatic carbocycles. The summed E-state index contributed by atoms with van der Waals surface area (Å²) in [5, 5.41) is 11.8. The van der Waals surface area contributed by atoms with E-state index in [-0.39, 0.29) is 16.5 Å². The molecule has 0 saturated carbocycles. The topological polar surface area (TPSA) is 79.3 Å². The Bertz CT molecular complexity index is 686. The summed E-state index contributed by atoms with van der Waals surface area (Å²) >= 11 is 5.83. The lowest BCUT2D eigenvalue weighted by molar-refractivity contribution is 0.0696. The highest BCUT2D eigenvalue weighted by Gasteiger charge is 2.12. The van der Waals surface area contributed by atoms with Crippen LogP contribution in [0.5, 0.6) is 0 Å². The van der Waals surface area contributed by atoms with Crippen molar-refractivity contribution >= 4 is 29.2 Å². The van der Waals surface area contributed by atoms with E-state index in [4.69, 9.17) is 16.7 Å². The summed E-state index contributed by atoms with van der Waals surface area (Å²) in [5.41, 5.74) is 1.34. The number of halogens is 1. The fraction of sp³-hybridized carbons (Fsp3) is 0.0714. The van der Waals surface area contributed by atoms with Gasteiger partial charge in [0, 0.05) is 22.6 Å². The van der Waals surface area contributed by atoms with E-state index in [1.807, 2.05) is 0 Å². The second-order valence-electron chi connectivity index (χ2n) is 4.12. The van der Waals surface area contributed by atoms with E-state index in [0.29, 0.717) is 16.9 Å². The van der Waals surface area contributed by atoms with Crippen molar-refractivity contribution in [3.05, 3.63) is 58.4 Å². The number of pyridine rings is 1. The Morgan fingerprint density at radius 2 is 2.05 bits per heavy atom. The Kier molecular flexibility index (Phi) is 4.00. The van der Waals surface area contributed by atoms with Crippen LogP contribution in [0.25, 0.3) is 0 Å². The van der Waals surface area contributed by atoms with Gasteiger partial charge < -0.3 is 10.4 Å². The molecule has 5 nitrogen and oxygen atoms in total. The first-order valence-corrected chi connectivity index (χ1v) is 6.12. The van der Waals surface area contributed by atoms with E-state index in [9.17, 15) is 9.59 Å². The summed E-state index contributed by atoms with van der Waals surface area (Å²) in [7, 11) is 0. The van der Waals surface area contributed by atoms with Crippen LogP contribution in [0.1, 0.15) is 26.4 Å². The number of nitrogens with one attached hydrogen (secondary N) is 1. The molecular weight excluding hydrogens is 280 g/mol. The summed E-state index contributed by atoms with van der Waals surface area (Å²) in [5.74, 6) is -1.48. The van der Waals surface area contributed by atoms with Gasteiger partial charge >= 0.3 is 5.97 Å². The number of nitrogens with zero attached hydrogens (tertiary/aromatic N) is 1. The number of carboxylic acid groups (broad SMARTS) is 1. The van der Waals surface area contributed by atoms with Crippen LogP contribution in [0.3, 0.4) is 0 Å². The lowest BCUT2D eigenvalue weighted by atomic mass is 10.1. The number of hydrogen-bond acceptors (Lipinski definition) is 3. The van der Waals surface area contributed by atoms with Gasteiger partial charge in [0.25, 0.3) is 5.91 Å². The minimum Gasteiger partial charge on any atom is -0.478 e. The minimum absolute atomic E-state index is 0.00992. The van der Waals surface area contributed by atoms with Crippen LogP contribution in [0.15, 0.2) is 36.5 Å². The monoisotopic (exact) mass is 290 g/mol. The van der Waals surface area contributed by atoms with Gasteiger partial charge in [-0.3, -0.25) is 9.78 Å². The van der Waals surface area contributed by atoms with Crippen LogP contribution in [0.4, 0.5) is 5.69 Å². The molecule has 0 unspecified atom stereocenters. The van der Waals surface area contributed by atoms with Gasteiger partial charge in [0.05, 0.1) is 11.1 Å². The lowest BCUT2D eigenvalue weighted by Crippen LogP contribution is -2.14. The second kappa shape index (κ2) is 5.71. The Balaban J connectivity index is 2.28. The van der Waals surface area contributed by atoms with Gasteiger partial charge in [-0.05, 0) is 37.3 Å². The Morgan fingerprint density at radius 1 is 1.30 bits per heavy atom. The highest BCUT2D eigenvalue weighted by molar-refractivity contribution is 6.31. The van der Waals surface area contributed by atoms with Crippen LogP contribution in [0, 0.1) is 6.92 Å². The summed E-state index contributed by atoms with van der Waals surface area (Å²) in [6, 6.07) is 7.44. The molecule has 2 aromatic rings. The molecule has 6 heteroatoms. The van der Waals surface area contributed by atoms with Crippen molar-refractivity contribution in [1.29, 1.82) is 0 Å². The predicted molar refractivity (Wildman–Crippen MR) is 75.3 cm³/mol. The van der Waals surface area contributed by atoms with Crippen molar-refractivity contribution in [3.8, 4) is 0 Å². The molecule has 0 bridgehead atoms. The molecule has 0 spiro atoms. The van der Waals surface area contributed by atoms with E-state index in [0.717, 1.165) is 0 Å². The fourth-order valence-corrected chi connectivity index (χ4v) is 1.94. The quantitative estimate of drug-likeness (QED) is 0.911. The van der Waals surface area contributed by atoms with Gasteiger partial charge in [-0.1, -0.05) is 11.6 Å². The first-order chi connectivity index (χ1) is 9.47. The maximum Gasteiger partial charge on any atom is 0.335 e. The molecule has 1 aromatic carbocycles. The third kappa shape index (κ3) is 3.13. The third-order valence-corrected chi connectivity index (χ3v) is 2.87. The number of benzene rings is 1. The third-order valence-electron chi connectivity index (χ3n) is 2.65. The van der Waals surface area contributed by atoms with Gasteiger partial charge in [-0.25, -0.2) is 4.79 Å². The standard InChI is InChI=1S/C14H11ClN2O3/c1-8-12(3-2-4-16-8)13(18)17-11-6-9(14(19)20)5-10(15)7-11/h2-7H,1H3,(H,17,18)(H,19,20). The number of anilines is 1. The Hall–Kier alpha value is -2.40. The number of rotatable bonds is 3. The molecule has 1 aromatic heterocycles. The van der Waals surface area contributed by atoms with Crippen molar-refractivity contribution in [2.75, 3.05) is 5.32 Å². The van der Waals surface area contributed by atoms with Crippen LogP contribution < -0.4 is 5.32 Å². The largest absolute Gasteiger partial charge is 0.478 e. The fourth-order valence-electron chi connectivity index (χ4n) is 1.71. The number of carbonyl (C=O) groups excluding carboxylic acids is 1. The zero-order valence-electron chi connectivity index (χ0n) is 10.6. The molecule has 1 heterocycles. The average molecular weight is 291 g/mol. The number of aromatic nitrogens is 1. The molecule has 2 rings (SSSR count). The van der Waals surface area contributed by atoms with Gasteiger partial charge in [0.2, 0.25) is 0 Å². The molecule has 0 aliphatic heterocycles. The van der Waals surface area contributed by atoms with Crippen LogP contribution in [-0.2, 0) is 0 Å². The molecule has 0 aliphatic rings. The molecule has 0 radical (unpaired) electrons. The molecule has 0 saturated heterocycles. The highest BCUT2D eigenvalue weighted by Crippen LogP contribution is 2.20. The van der Waals surface area contributed by atoms with Crippen molar-refractivity contribution in [3.63, 3.8) is 0 Å². The highest BCUT2D eigenvalue weighted by atomic mass is 35.5. The van der Waals surface area contributed by atoms with Crippen LogP contribution >= 0.6 is 11.6 Å². The van der Waals surface area contributed by atoms with E-state index in [1.165, 1.54) is 18.2 Å². The number of carboxylic acids is 1. The average Bonchev–Trinajstić information content (AvgIpc) is 2.38. The smallest absolute Gasteiger partial charge is 0.335 e. The predicted octanol–water partition coefficient (Wildman–Crippen LogP) is 2.99. The maximum absolute atomic E-state index is 12.1. The zero-order valence-corrected chi connectivity index (χ0v) is 11.3. The maximum atomic E-state index is 12.1. The molecule has 0 atom stereocenters. The normalized spacial score (nSPS) is 10.1. The lowest BCUT2D eigenvalue weighted by Gasteiger charge is -2.08. The summed E-state index contributed by atoms with van der Waals surface area (Å²) < 4.78 is 0. The number of aryl methyl sites for hydroxylation is 1. The van der Waals surface area contributed by atoms with Crippen molar-refractivity contribution in [1.82, 2.24) is 4.98 Å². The van der Waals surface area contributed by atoms with E-state index in [1.54, 1.807) is 25.3 Å². The van der Waals surface area contributed by atoms with Gasteiger partial charge in [0.1, 0.15) is 0 Å². The van der Waals surface area contributed by atoms with Crippen molar-refractivity contribution in [2.45, 2.75) is 6.92 Å². The number of aromatic carboxylic acids is 1. The first kappa shape index (κ1) is 14.0. The molecule has 102 valence electrons. The zero-order chi connectivity index (χ0) is 14.7. The molecule has 20 heavy (non-hydrogen) atoms. The van der Waals surface area contributed by atoms with E-state index < -0.39 is 5.97 Å². The first-order valence-electron chi connectivity index (χ1n) is 5.74. The molecule has 0 fully saturated rings. The van der Waals surface area contributed by atoms with Gasteiger partial charge in [0.15, 0.2) is 0 Å². The summed E-state index contributed by atoms with van der Waals surface area (Å²) in [4.78, 5) is 27.0. The van der Waals surface area contributed by atoms with Gasteiger partial charge in [-0.2, -0.15) is 0 Å². The Morgan fingerprint density at radius 3 is 2.70 bits per heavy atom. The van der Waals surface area contributed by atoms with E-state index in [2.05, 4.69) is 10.3 Å². The summed E-state index contributed by atoms with van der Waals surface area (Å²) in [6.45, 7) is 1.72. The molecule has 1 amide bonds. The van der Waals surface area contributed by atoms with Gasteiger partial charge in [-0.15, -0.1) is 0 Å². The minimum atomic E-state index is -1.11. The summed E-state index contributed by atoms with van der Waals surface area (Å²) in [6.07, 6.45) is 1.59. The van der Waals surface area contributed by atoms with Crippen LogP contribution in [0.2, 0.25) is 5.02 Å². The van der Waals surface area contributed by atoms with Crippen molar-refractivity contribution < 1.29 is 14.7 Å². The number of hydrogen-bond donors (Lipinski definition) is 2. The second-order valence-corrected chi connectivity index (χ2v) is 4.56. The van der Waals surface area contributed by atoms with E-state index >= 15 is 0 Å². The molecular formula is C14H11ClN2O3. The van der Waals surface area contributed by atoms with Crippen LogP contribution in [-0.4, -0.2) is 22.0 Å². The number of amides is 1.